The van der Waals surface area contributed by atoms with Gasteiger partial charge in [-0.25, -0.2) is 9.78 Å². The van der Waals surface area contributed by atoms with Crippen LogP contribution in [0.5, 0.6) is 0 Å². The first-order valence-electron chi connectivity index (χ1n) is 6.75. The van der Waals surface area contributed by atoms with Gasteiger partial charge in [0.1, 0.15) is 11.5 Å². The lowest BCUT2D eigenvalue weighted by Crippen LogP contribution is -2.37. The zero-order valence-electron chi connectivity index (χ0n) is 11.3. The van der Waals surface area contributed by atoms with Gasteiger partial charge in [-0.15, -0.1) is 0 Å². The maximum Gasteiger partial charge on any atom is 0.353 e. The molecule has 3 rings (SSSR count). The van der Waals surface area contributed by atoms with Crippen molar-refractivity contribution < 1.29 is 19.7 Å². The Bertz CT molecular complexity index is 626. The largest absolute Gasteiger partial charge is 0.477 e. The molecule has 3 atom stereocenters. The smallest absolute Gasteiger partial charge is 0.353 e. The van der Waals surface area contributed by atoms with Gasteiger partial charge in [0.15, 0.2) is 0 Å². The summed E-state index contributed by atoms with van der Waals surface area (Å²) in [6.07, 6.45) is 0.588. The number of nitrogens with zero attached hydrogens (tertiary/aromatic N) is 1. The fourth-order valence-electron chi connectivity index (χ4n) is 2.67. The highest BCUT2D eigenvalue weighted by atomic mass is 16.5. The molecule has 6 nitrogen and oxygen atoms in total. The first-order chi connectivity index (χ1) is 10.2. The van der Waals surface area contributed by atoms with Crippen molar-refractivity contribution in [2.45, 2.75) is 17.9 Å². The van der Waals surface area contributed by atoms with Crippen LogP contribution >= 0.6 is 0 Å². The second-order valence-corrected chi connectivity index (χ2v) is 5.14. The molecule has 2 heterocycles. The number of aromatic amines is 1. The molecule has 6 heteroatoms. The molecule has 3 N–H and O–H groups in total. The SMILES string of the molecule is O=C(O)c1cnc(C2COCC(c3ccccc3)C2O)[nH]1. The molecule has 0 aliphatic carbocycles. The number of H-pyrrole nitrogens is 1. The summed E-state index contributed by atoms with van der Waals surface area (Å²) in [5.41, 5.74) is 1.01. The Morgan fingerprint density at radius 3 is 2.62 bits per heavy atom. The van der Waals surface area contributed by atoms with Gasteiger partial charge in [-0.05, 0) is 5.56 Å². The Labute approximate surface area is 121 Å². The number of carboxylic acid groups (broad SMARTS) is 1. The van der Waals surface area contributed by atoms with Crippen LogP contribution in [0.3, 0.4) is 0 Å². The number of carboxylic acids is 1. The quantitative estimate of drug-likeness (QED) is 0.792. The average molecular weight is 288 g/mol. The highest BCUT2D eigenvalue weighted by Crippen LogP contribution is 2.33. The molecule has 0 bridgehead atoms. The average Bonchev–Trinajstić information content (AvgIpc) is 2.98. The Morgan fingerprint density at radius 2 is 1.95 bits per heavy atom. The summed E-state index contributed by atoms with van der Waals surface area (Å²) in [5.74, 6) is -1.14. The van der Waals surface area contributed by atoms with Gasteiger partial charge in [-0.3, -0.25) is 0 Å². The third kappa shape index (κ3) is 2.68. The van der Waals surface area contributed by atoms with Crippen LogP contribution < -0.4 is 0 Å². The fourth-order valence-corrected chi connectivity index (χ4v) is 2.67. The lowest BCUT2D eigenvalue weighted by Gasteiger charge is -2.34. The number of aliphatic hydroxyl groups is 1. The summed E-state index contributed by atoms with van der Waals surface area (Å²) >= 11 is 0. The van der Waals surface area contributed by atoms with Crippen LogP contribution in [0, 0.1) is 0 Å². The van der Waals surface area contributed by atoms with E-state index in [1.54, 1.807) is 0 Å². The van der Waals surface area contributed by atoms with E-state index in [2.05, 4.69) is 9.97 Å². The minimum absolute atomic E-state index is 0.0130. The van der Waals surface area contributed by atoms with Crippen LogP contribution in [-0.2, 0) is 4.74 Å². The van der Waals surface area contributed by atoms with Crippen LogP contribution in [0.15, 0.2) is 36.5 Å². The fraction of sp³-hybridized carbons (Fsp3) is 0.333. The van der Waals surface area contributed by atoms with Gasteiger partial charge in [0.2, 0.25) is 0 Å². The number of imidazole rings is 1. The van der Waals surface area contributed by atoms with E-state index >= 15 is 0 Å². The number of aromatic nitrogens is 2. The van der Waals surface area contributed by atoms with E-state index in [9.17, 15) is 9.90 Å². The molecule has 1 aromatic heterocycles. The highest BCUT2D eigenvalue weighted by molar-refractivity contribution is 5.85. The Hall–Kier alpha value is -2.18. The molecule has 0 amide bonds. The van der Waals surface area contributed by atoms with Crippen molar-refractivity contribution in [1.82, 2.24) is 9.97 Å². The van der Waals surface area contributed by atoms with E-state index < -0.39 is 12.1 Å². The van der Waals surface area contributed by atoms with E-state index in [0.29, 0.717) is 19.0 Å². The van der Waals surface area contributed by atoms with E-state index in [0.717, 1.165) is 5.56 Å². The lowest BCUT2D eigenvalue weighted by atomic mass is 9.84. The highest BCUT2D eigenvalue weighted by Gasteiger charge is 2.36. The van der Waals surface area contributed by atoms with Crippen molar-refractivity contribution in [3.8, 4) is 0 Å². The summed E-state index contributed by atoms with van der Waals surface area (Å²) in [7, 11) is 0. The first-order valence-corrected chi connectivity index (χ1v) is 6.75. The molecule has 0 saturated carbocycles. The molecule has 2 aromatic rings. The third-order valence-electron chi connectivity index (χ3n) is 3.82. The lowest BCUT2D eigenvalue weighted by molar-refractivity contribution is -0.0271. The molecule has 1 fully saturated rings. The summed E-state index contributed by atoms with van der Waals surface area (Å²) < 4.78 is 5.58. The molecule has 1 aromatic carbocycles. The predicted molar refractivity (Wildman–Crippen MR) is 74.3 cm³/mol. The summed E-state index contributed by atoms with van der Waals surface area (Å²) in [6, 6.07) is 9.65. The van der Waals surface area contributed by atoms with E-state index in [4.69, 9.17) is 9.84 Å². The molecular formula is C15H16N2O4. The van der Waals surface area contributed by atoms with Crippen LogP contribution in [0.4, 0.5) is 0 Å². The van der Waals surface area contributed by atoms with Gasteiger partial charge in [-0.1, -0.05) is 30.3 Å². The van der Waals surface area contributed by atoms with Gasteiger partial charge in [0, 0.05) is 5.92 Å². The third-order valence-corrected chi connectivity index (χ3v) is 3.82. The van der Waals surface area contributed by atoms with Gasteiger partial charge in [-0.2, -0.15) is 0 Å². The maximum atomic E-state index is 10.9. The number of ether oxygens (including phenoxy) is 1. The Balaban J connectivity index is 1.84. The normalized spacial score (nSPS) is 25.7. The van der Waals surface area contributed by atoms with Crippen molar-refractivity contribution in [2.24, 2.45) is 0 Å². The summed E-state index contributed by atoms with van der Waals surface area (Å²) in [5, 5.41) is 19.5. The number of nitrogens with one attached hydrogen (secondary N) is 1. The van der Waals surface area contributed by atoms with Crippen molar-refractivity contribution in [2.75, 3.05) is 13.2 Å². The zero-order valence-corrected chi connectivity index (χ0v) is 11.3. The van der Waals surface area contributed by atoms with Gasteiger partial charge < -0.3 is 19.9 Å². The Morgan fingerprint density at radius 1 is 1.24 bits per heavy atom. The molecule has 21 heavy (non-hydrogen) atoms. The number of benzene rings is 1. The van der Waals surface area contributed by atoms with Gasteiger partial charge >= 0.3 is 5.97 Å². The topological polar surface area (TPSA) is 95.4 Å². The second kappa shape index (κ2) is 5.67. The van der Waals surface area contributed by atoms with Crippen molar-refractivity contribution in [3.63, 3.8) is 0 Å². The van der Waals surface area contributed by atoms with Crippen molar-refractivity contribution in [1.29, 1.82) is 0 Å². The molecule has 3 unspecified atom stereocenters. The molecule has 0 radical (unpaired) electrons. The Kier molecular flexibility index (Phi) is 3.72. The monoisotopic (exact) mass is 288 g/mol. The molecule has 1 aliphatic heterocycles. The number of aliphatic hydroxyl groups excluding tert-OH is 1. The van der Waals surface area contributed by atoms with Crippen LogP contribution in [0.25, 0.3) is 0 Å². The van der Waals surface area contributed by atoms with Gasteiger partial charge in [0.25, 0.3) is 0 Å². The van der Waals surface area contributed by atoms with Crippen LogP contribution in [0.1, 0.15) is 33.7 Å². The molecule has 0 spiro atoms. The van der Waals surface area contributed by atoms with E-state index in [1.165, 1.54) is 6.20 Å². The first kappa shape index (κ1) is 13.8. The summed E-state index contributed by atoms with van der Waals surface area (Å²) in [6.45, 7) is 0.755. The molecule has 1 saturated heterocycles. The molecule has 110 valence electrons. The standard InChI is InChI=1S/C15H16N2O4/c18-13-10(9-4-2-1-3-5-9)7-21-8-11(13)14-16-6-12(17-14)15(19)20/h1-6,10-11,13,18H,7-8H2,(H,16,17)(H,19,20). The summed E-state index contributed by atoms with van der Waals surface area (Å²) in [4.78, 5) is 17.7. The van der Waals surface area contributed by atoms with Crippen LogP contribution in [0.2, 0.25) is 0 Å². The van der Waals surface area contributed by atoms with Crippen molar-refractivity contribution in [3.05, 3.63) is 53.6 Å². The predicted octanol–water partition coefficient (Wildman–Crippen LogP) is 1.37. The van der Waals surface area contributed by atoms with E-state index in [1.807, 2.05) is 30.3 Å². The second-order valence-electron chi connectivity index (χ2n) is 5.14. The minimum atomic E-state index is -1.07. The molecular weight excluding hydrogens is 272 g/mol. The number of hydrogen-bond donors (Lipinski definition) is 3. The number of rotatable bonds is 3. The number of aromatic carboxylic acids is 1. The van der Waals surface area contributed by atoms with Crippen LogP contribution in [-0.4, -0.2) is 45.5 Å². The zero-order chi connectivity index (χ0) is 14.8. The van der Waals surface area contributed by atoms with Crippen molar-refractivity contribution >= 4 is 5.97 Å². The maximum absolute atomic E-state index is 10.9. The number of carbonyl (C=O) groups is 1. The minimum Gasteiger partial charge on any atom is -0.477 e. The molecule has 1 aliphatic rings. The number of hydrogen-bond acceptors (Lipinski definition) is 4. The van der Waals surface area contributed by atoms with E-state index in [-0.39, 0.29) is 17.5 Å². The van der Waals surface area contributed by atoms with Gasteiger partial charge in [0.05, 0.1) is 31.4 Å².